The van der Waals surface area contributed by atoms with Crippen LogP contribution in [0.25, 0.3) is 0 Å². The summed E-state index contributed by atoms with van der Waals surface area (Å²) >= 11 is 0. The summed E-state index contributed by atoms with van der Waals surface area (Å²) in [5, 5.41) is 0. The third-order valence-electron chi connectivity index (χ3n) is 6.12. The summed E-state index contributed by atoms with van der Waals surface area (Å²) in [6.07, 6.45) is 7.50. The van der Waals surface area contributed by atoms with E-state index in [0.29, 0.717) is 24.9 Å². The molecule has 0 saturated carbocycles. The van der Waals surface area contributed by atoms with E-state index < -0.39 is 10.0 Å². The van der Waals surface area contributed by atoms with Gasteiger partial charge in [0.2, 0.25) is 10.0 Å². The standard InChI is InChI=1S/C23H31N3O4S/c27-31(28,19-18-29-21-4-2-1-3-5-21)26-16-8-20(9-17-26)25-14-10-23(11-15-25)30-22-6-12-24-13-7-22/h1-7,12-13,20,23H,8-11,14-19H2. The monoisotopic (exact) mass is 445 g/mol. The van der Waals surface area contributed by atoms with E-state index in [9.17, 15) is 8.42 Å². The van der Waals surface area contributed by atoms with Gasteiger partial charge in [-0.05, 0) is 49.9 Å². The Morgan fingerprint density at radius 1 is 0.871 bits per heavy atom. The van der Waals surface area contributed by atoms with Crippen LogP contribution in [0.4, 0.5) is 0 Å². The highest BCUT2D eigenvalue weighted by Gasteiger charge is 2.32. The maximum atomic E-state index is 12.7. The number of sulfonamides is 1. The average molecular weight is 446 g/mol. The van der Waals surface area contributed by atoms with Crippen LogP contribution in [0, 0.1) is 0 Å². The van der Waals surface area contributed by atoms with Gasteiger partial charge in [0.1, 0.15) is 24.2 Å². The first-order chi connectivity index (χ1) is 15.1. The molecule has 2 aliphatic rings. The Bertz CT molecular complexity index is 895. The Hall–Kier alpha value is -2.16. The van der Waals surface area contributed by atoms with Crippen molar-refractivity contribution in [3.63, 3.8) is 0 Å². The van der Waals surface area contributed by atoms with Gasteiger partial charge in [-0.25, -0.2) is 12.7 Å². The number of aromatic nitrogens is 1. The molecule has 0 amide bonds. The predicted octanol–water partition coefficient (Wildman–Crippen LogP) is 2.80. The van der Waals surface area contributed by atoms with Crippen LogP contribution in [-0.2, 0) is 10.0 Å². The fourth-order valence-corrected chi connectivity index (χ4v) is 5.68. The predicted molar refractivity (Wildman–Crippen MR) is 120 cm³/mol. The van der Waals surface area contributed by atoms with Crippen LogP contribution in [0.1, 0.15) is 25.7 Å². The third-order valence-corrected chi connectivity index (χ3v) is 7.95. The first-order valence-electron chi connectivity index (χ1n) is 11.1. The number of likely N-dealkylation sites (tertiary alicyclic amines) is 1. The van der Waals surface area contributed by atoms with Crippen LogP contribution >= 0.6 is 0 Å². The zero-order chi connectivity index (χ0) is 21.5. The van der Waals surface area contributed by atoms with E-state index in [4.69, 9.17) is 9.47 Å². The molecular weight excluding hydrogens is 414 g/mol. The van der Waals surface area contributed by atoms with Crippen LogP contribution in [0.3, 0.4) is 0 Å². The first kappa shape index (κ1) is 22.0. The van der Waals surface area contributed by atoms with Crippen LogP contribution in [-0.4, -0.2) is 73.3 Å². The van der Waals surface area contributed by atoms with Gasteiger partial charge < -0.3 is 14.4 Å². The Kier molecular flexibility index (Phi) is 7.42. The van der Waals surface area contributed by atoms with E-state index in [-0.39, 0.29) is 18.5 Å². The number of piperidine rings is 2. The zero-order valence-electron chi connectivity index (χ0n) is 17.8. The molecule has 1 aromatic heterocycles. The molecule has 4 rings (SSSR count). The summed E-state index contributed by atoms with van der Waals surface area (Å²) in [5.74, 6) is 1.60. The summed E-state index contributed by atoms with van der Waals surface area (Å²) in [5.41, 5.74) is 0. The van der Waals surface area contributed by atoms with Gasteiger partial charge in [0.05, 0.1) is 5.75 Å². The number of nitrogens with zero attached hydrogens (tertiary/aromatic N) is 3. The number of ether oxygens (including phenoxy) is 2. The summed E-state index contributed by atoms with van der Waals surface area (Å²) in [6, 6.07) is 13.6. The minimum atomic E-state index is -3.29. The second-order valence-corrected chi connectivity index (χ2v) is 10.2. The van der Waals surface area contributed by atoms with Crippen molar-refractivity contribution in [3.05, 3.63) is 54.9 Å². The van der Waals surface area contributed by atoms with Gasteiger partial charge in [-0.3, -0.25) is 4.98 Å². The van der Waals surface area contributed by atoms with Crippen LogP contribution in [0.2, 0.25) is 0 Å². The number of hydrogen-bond acceptors (Lipinski definition) is 6. The lowest BCUT2D eigenvalue weighted by Crippen LogP contribution is -2.50. The van der Waals surface area contributed by atoms with E-state index in [1.165, 1.54) is 0 Å². The van der Waals surface area contributed by atoms with Crippen molar-refractivity contribution in [1.29, 1.82) is 0 Å². The van der Waals surface area contributed by atoms with Crippen molar-refractivity contribution in [2.45, 2.75) is 37.8 Å². The lowest BCUT2D eigenvalue weighted by molar-refractivity contribution is 0.0585. The van der Waals surface area contributed by atoms with Crippen LogP contribution in [0.5, 0.6) is 11.5 Å². The minimum absolute atomic E-state index is 0.0182. The van der Waals surface area contributed by atoms with Crippen LogP contribution < -0.4 is 9.47 Å². The maximum absolute atomic E-state index is 12.7. The highest BCUT2D eigenvalue weighted by molar-refractivity contribution is 7.89. The molecule has 0 spiro atoms. The van der Waals surface area contributed by atoms with Gasteiger partial charge in [-0.1, -0.05) is 18.2 Å². The number of hydrogen-bond donors (Lipinski definition) is 0. The van der Waals surface area contributed by atoms with E-state index in [1.54, 1.807) is 16.7 Å². The molecule has 0 N–H and O–H groups in total. The fourth-order valence-electron chi connectivity index (χ4n) is 4.36. The second-order valence-electron chi connectivity index (χ2n) is 8.14. The smallest absolute Gasteiger partial charge is 0.217 e. The molecule has 3 heterocycles. The van der Waals surface area contributed by atoms with Crippen molar-refractivity contribution < 1.29 is 17.9 Å². The van der Waals surface area contributed by atoms with E-state index in [0.717, 1.165) is 44.5 Å². The highest BCUT2D eigenvalue weighted by Crippen LogP contribution is 2.24. The molecule has 0 atom stereocenters. The van der Waals surface area contributed by atoms with Crippen molar-refractivity contribution in [2.75, 3.05) is 38.5 Å². The Balaban J connectivity index is 1.18. The molecule has 2 saturated heterocycles. The zero-order valence-corrected chi connectivity index (χ0v) is 18.6. The Labute approximate surface area is 185 Å². The van der Waals surface area contributed by atoms with Gasteiger partial charge in [-0.15, -0.1) is 0 Å². The van der Waals surface area contributed by atoms with E-state index >= 15 is 0 Å². The molecule has 7 nitrogen and oxygen atoms in total. The number of benzene rings is 1. The normalized spacial score (nSPS) is 19.9. The molecule has 0 bridgehead atoms. The summed E-state index contributed by atoms with van der Waals surface area (Å²) in [7, 11) is -3.29. The molecule has 0 aliphatic carbocycles. The average Bonchev–Trinajstić information content (AvgIpc) is 2.81. The Morgan fingerprint density at radius 3 is 2.23 bits per heavy atom. The number of rotatable bonds is 8. The second kappa shape index (κ2) is 10.4. The van der Waals surface area contributed by atoms with Gasteiger partial charge >= 0.3 is 0 Å². The minimum Gasteiger partial charge on any atom is -0.492 e. The van der Waals surface area contributed by atoms with Gasteiger partial charge in [0.25, 0.3) is 0 Å². The van der Waals surface area contributed by atoms with Gasteiger partial charge in [0.15, 0.2) is 0 Å². The topological polar surface area (TPSA) is 72.0 Å². The van der Waals surface area contributed by atoms with Crippen molar-refractivity contribution in [1.82, 2.24) is 14.2 Å². The molecular formula is C23H31N3O4S. The third kappa shape index (κ3) is 6.18. The molecule has 2 fully saturated rings. The SMILES string of the molecule is O=S(=O)(CCOc1ccccc1)N1CCC(N2CCC(Oc3ccncc3)CC2)CC1. The quantitative estimate of drug-likeness (QED) is 0.622. The molecule has 1 aromatic carbocycles. The van der Waals surface area contributed by atoms with E-state index in [1.807, 2.05) is 42.5 Å². The van der Waals surface area contributed by atoms with Gasteiger partial charge in [0, 0.05) is 44.6 Å². The lowest BCUT2D eigenvalue weighted by atomic mass is 10.00. The van der Waals surface area contributed by atoms with Crippen molar-refractivity contribution in [2.24, 2.45) is 0 Å². The highest BCUT2D eigenvalue weighted by atomic mass is 32.2. The summed E-state index contributed by atoms with van der Waals surface area (Å²) < 4.78 is 38.6. The Morgan fingerprint density at radius 2 is 1.55 bits per heavy atom. The van der Waals surface area contributed by atoms with Crippen molar-refractivity contribution in [3.8, 4) is 11.5 Å². The molecule has 2 aromatic rings. The molecule has 31 heavy (non-hydrogen) atoms. The summed E-state index contributed by atoms with van der Waals surface area (Å²) in [4.78, 5) is 6.53. The molecule has 168 valence electrons. The molecule has 0 unspecified atom stereocenters. The molecule has 8 heteroatoms. The van der Waals surface area contributed by atoms with Gasteiger partial charge in [-0.2, -0.15) is 0 Å². The summed E-state index contributed by atoms with van der Waals surface area (Å²) in [6.45, 7) is 3.35. The van der Waals surface area contributed by atoms with Crippen molar-refractivity contribution >= 4 is 10.0 Å². The lowest BCUT2D eigenvalue weighted by Gasteiger charge is -2.41. The first-order valence-corrected chi connectivity index (χ1v) is 12.7. The molecule has 0 radical (unpaired) electrons. The largest absolute Gasteiger partial charge is 0.492 e. The number of pyridine rings is 1. The number of para-hydroxylation sites is 1. The molecule has 2 aliphatic heterocycles. The van der Waals surface area contributed by atoms with Crippen LogP contribution in [0.15, 0.2) is 54.9 Å². The maximum Gasteiger partial charge on any atom is 0.217 e. The van der Waals surface area contributed by atoms with E-state index in [2.05, 4.69) is 9.88 Å². The fraction of sp³-hybridized carbons (Fsp3) is 0.522.